The topological polar surface area (TPSA) is 56.3 Å². The van der Waals surface area contributed by atoms with Crippen LogP contribution in [0.3, 0.4) is 0 Å². The van der Waals surface area contributed by atoms with Crippen molar-refractivity contribution in [3.05, 3.63) is 0 Å². The van der Waals surface area contributed by atoms with E-state index in [2.05, 4.69) is 16.2 Å². The van der Waals surface area contributed by atoms with E-state index in [1.807, 2.05) is 6.92 Å². The van der Waals surface area contributed by atoms with Crippen molar-refractivity contribution in [1.29, 1.82) is 0 Å². The molecule has 0 saturated heterocycles. The van der Waals surface area contributed by atoms with Gasteiger partial charge in [0.25, 0.3) is 0 Å². The van der Waals surface area contributed by atoms with E-state index in [1.54, 1.807) is 7.05 Å². The van der Waals surface area contributed by atoms with Gasteiger partial charge in [0.15, 0.2) is 0 Å². The highest BCUT2D eigenvalue weighted by Gasteiger charge is 1.94. The van der Waals surface area contributed by atoms with Crippen molar-refractivity contribution in [1.82, 2.24) is 16.2 Å². The molecule has 9 heavy (non-hydrogen) atoms. The SMILES string of the molecule is CCNNCC(O)NC. The summed E-state index contributed by atoms with van der Waals surface area (Å²) in [4.78, 5) is 0. The zero-order valence-corrected chi connectivity index (χ0v) is 5.94. The molecule has 0 bridgehead atoms. The van der Waals surface area contributed by atoms with Gasteiger partial charge in [-0.1, -0.05) is 6.92 Å². The molecule has 4 heteroatoms. The van der Waals surface area contributed by atoms with E-state index in [1.165, 1.54) is 0 Å². The minimum Gasteiger partial charge on any atom is -0.377 e. The average molecular weight is 133 g/mol. The van der Waals surface area contributed by atoms with E-state index >= 15 is 0 Å². The molecule has 0 spiro atoms. The summed E-state index contributed by atoms with van der Waals surface area (Å²) in [7, 11) is 1.71. The van der Waals surface area contributed by atoms with Gasteiger partial charge in [-0.3, -0.25) is 16.2 Å². The fraction of sp³-hybridized carbons (Fsp3) is 1.00. The van der Waals surface area contributed by atoms with Gasteiger partial charge in [0, 0.05) is 13.1 Å². The Morgan fingerprint density at radius 1 is 1.44 bits per heavy atom. The van der Waals surface area contributed by atoms with Crippen molar-refractivity contribution in [3.8, 4) is 0 Å². The lowest BCUT2D eigenvalue weighted by Crippen LogP contribution is -2.42. The van der Waals surface area contributed by atoms with Gasteiger partial charge in [-0.2, -0.15) is 0 Å². The highest BCUT2D eigenvalue weighted by Crippen LogP contribution is 1.65. The molecular formula is C5H15N3O. The predicted molar refractivity (Wildman–Crippen MR) is 36.7 cm³/mol. The van der Waals surface area contributed by atoms with Crippen LogP contribution < -0.4 is 16.2 Å². The maximum Gasteiger partial charge on any atom is 0.118 e. The standard InChI is InChI=1S/C5H15N3O/c1-3-7-8-4-5(9)6-2/h5-9H,3-4H2,1-2H3. The second-order valence-corrected chi connectivity index (χ2v) is 1.72. The van der Waals surface area contributed by atoms with Gasteiger partial charge in [-0.05, 0) is 7.05 Å². The van der Waals surface area contributed by atoms with Crippen LogP contribution in [0.4, 0.5) is 0 Å². The smallest absolute Gasteiger partial charge is 0.118 e. The van der Waals surface area contributed by atoms with Crippen molar-refractivity contribution in [2.45, 2.75) is 13.2 Å². The van der Waals surface area contributed by atoms with Crippen LogP contribution in [0.15, 0.2) is 0 Å². The minimum absolute atomic E-state index is 0.468. The number of nitrogens with one attached hydrogen (secondary N) is 3. The summed E-state index contributed by atoms with van der Waals surface area (Å²) >= 11 is 0. The summed E-state index contributed by atoms with van der Waals surface area (Å²) in [5, 5.41) is 11.5. The van der Waals surface area contributed by atoms with Gasteiger partial charge in [0.05, 0.1) is 0 Å². The van der Waals surface area contributed by atoms with Crippen molar-refractivity contribution in [2.75, 3.05) is 20.1 Å². The number of hydrogen-bond acceptors (Lipinski definition) is 4. The second kappa shape index (κ2) is 5.97. The fourth-order valence-corrected chi connectivity index (χ4v) is 0.396. The highest BCUT2D eigenvalue weighted by atomic mass is 16.3. The molecule has 0 aromatic rings. The summed E-state index contributed by atoms with van der Waals surface area (Å²) in [6, 6.07) is 0. The van der Waals surface area contributed by atoms with Crippen molar-refractivity contribution in [2.24, 2.45) is 0 Å². The van der Waals surface area contributed by atoms with Gasteiger partial charge in [-0.15, -0.1) is 0 Å². The van der Waals surface area contributed by atoms with Crippen LogP contribution in [0.5, 0.6) is 0 Å². The summed E-state index contributed by atoms with van der Waals surface area (Å²) in [6.07, 6.45) is -0.468. The van der Waals surface area contributed by atoms with E-state index in [0.717, 1.165) is 6.54 Å². The quantitative estimate of drug-likeness (QED) is 0.212. The van der Waals surface area contributed by atoms with Crippen LogP contribution in [0.25, 0.3) is 0 Å². The lowest BCUT2D eigenvalue weighted by molar-refractivity contribution is 0.140. The monoisotopic (exact) mass is 133 g/mol. The van der Waals surface area contributed by atoms with Gasteiger partial charge >= 0.3 is 0 Å². The Labute approximate surface area is 55.6 Å². The van der Waals surface area contributed by atoms with E-state index in [4.69, 9.17) is 5.11 Å². The molecule has 4 N–H and O–H groups in total. The maximum atomic E-state index is 8.87. The predicted octanol–water partition coefficient (Wildman–Crippen LogP) is -1.36. The Morgan fingerprint density at radius 2 is 2.11 bits per heavy atom. The summed E-state index contributed by atoms with van der Waals surface area (Å²) in [6.45, 7) is 3.36. The number of aliphatic hydroxyl groups is 1. The minimum atomic E-state index is -0.468. The van der Waals surface area contributed by atoms with Crippen LogP contribution in [0, 0.1) is 0 Å². The molecule has 0 heterocycles. The number of hydrogen-bond donors (Lipinski definition) is 4. The molecular weight excluding hydrogens is 118 g/mol. The lowest BCUT2D eigenvalue weighted by atomic mass is 10.6. The van der Waals surface area contributed by atoms with Gasteiger partial charge < -0.3 is 5.11 Å². The van der Waals surface area contributed by atoms with Crippen LogP contribution in [0.2, 0.25) is 0 Å². The first-order valence-electron chi connectivity index (χ1n) is 3.12. The molecule has 1 unspecified atom stereocenters. The summed E-state index contributed by atoms with van der Waals surface area (Å²) in [5.41, 5.74) is 5.69. The molecule has 0 aliphatic heterocycles. The average Bonchev–Trinajstić information content (AvgIpc) is 1.89. The molecule has 0 amide bonds. The number of aliphatic hydroxyl groups excluding tert-OH is 1. The molecule has 0 aliphatic rings. The van der Waals surface area contributed by atoms with E-state index < -0.39 is 6.23 Å². The zero-order chi connectivity index (χ0) is 7.11. The Bertz CT molecular complexity index is 60.2. The molecule has 0 aliphatic carbocycles. The molecule has 0 radical (unpaired) electrons. The molecule has 0 saturated carbocycles. The molecule has 0 rings (SSSR count). The maximum absolute atomic E-state index is 8.87. The molecule has 0 aromatic carbocycles. The van der Waals surface area contributed by atoms with Gasteiger partial charge in [0.2, 0.25) is 0 Å². The van der Waals surface area contributed by atoms with Crippen LogP contribution in [-0.2, 0) is 0 Å². The molecule has 0 fully saturated rings. The Morgan fingerprint density at radius 3 is 2.56 bits per heavy atom. The van der Waals surface area contributed by atoms with E-state index in [0.29, 0.717) is 6.54 Å². The van der Waals surface area contributed by atoms with Gasteiger partial charge in [0.1, 0.15) is 6.23 Å². The number of likely N-dealkylation sites (N-methyl/N-ethyl adjacent to an activating group) is 1. The van der Waals surface area contributed by atoms with E-state index in [9.17, 15) is 0 Å². The molecule has 0 aromatic heterocycles. The van der Waals surface area contributed by atoms with Crippen LogP contribution in [-0.4, -0.2) is 31.5 Å². The summed E-state index contributed by atoms with van der Waals surface area (Å²) in [5.74, 6) is 0. The Kier molecular flexibility index (Phi) is 5.86. The first-order chi connectivity index (χ1) is 4.31. The fourth-order valence-electron chi connectivity index (χ4n) is 0.396. The zero-order valence-electron chi connectivity index (χ0n) is 5.94. The third-order valence-corrected chi connectivity index (χ3v) is 0.930. The molecule has 4 nitrogen and oxygen atoms in total. The number of hydrazine groups is 1. The Balaban J connectivity index is 2.88. The highest BCUT2D eigenvalue weighted by molar-refractivity contribution is 4.48. The van der Waals surface area contributed by atoms with Crippen LogP contribution >= 0.6 is 0 Å². The second-order valence-electron chi connectivity index (χ2n) is 1.72. The normalized spacial score (nSPS) is 13.7. The van der Waals surface area contributed by atoms with E-state index in [-0.39, 0.29) is 0 Å². The number of rotatable bonds is 5. The third-order valence-electron chi connectivity index (χ3n) is 0.930. The van der Waals surface area contributed by atoms with Crippen LogP contribution in [0.1, 0.15) is 6.92 Å². The van der Waals surface area contributed by atoms with Gasteiger partial charge in [-0.25, -0.2) is 0 Å². The van der Waals surface area contributed by atoms with Crippen molar-refractivity contribution < 1.29 is 5.11 Å². The molecule has 1 atom stereocenters. The third kappa shape index (κ3) is 5.72. The lowest BCUT2D eigenvalue weighted by Gasteiger charge is -2.09. The first kappa shape index (κ1) is 8.84. The first-order valence-corrected chi connectivity index (χ1v) is 3.12. The van der Waals surface area contributed by atoms with Crippen molar-refractivity contribution >= 4 is 0 Å². The largest absolute Gasteiger partial charge is 0.377 e. The van der Waals surface area contributed by atoms with Crippen molar-refractivity contribution in [3.63, 3.8) is 0 Å². The molecule has 56 valence electrons. The summed E-state index contributed by atoms with van der Waals surface area (Å²) < 4.78 is 0. The Hall–Kier alpha value is -0.160.